The van der Waals surface area contributed by atoms with Crippen LogP contribution in [0.4, 0.5) is 9.59 Å². The van der Waals surface area contributed by atoms with Crippen LogP contribution in [0.3, 0.4) is 0 Å². The average Bonchev–Trinajstić information content (AvgIpc) is 4.02. The summed E-state index contributed by atoms with van der Waals surface area (Å²) in [5.74, 6) is 0.756. The minimum absolute atomic E-state index is 0. The van der Waals surface area contributed by atoms with Crippen molar-refractivity contribution in [2.45, 2.75) is 71.2 Å². The van der Waals surface area contributed by atoms with Crippen molar-refractivity contribution in [3.8, 4) is 5.75 Å². The van der Waals surface area contributed by atoms with Gasteiger partial charge in [0.15, 0.2) is 0 Å². The van der Waals surface area contributed by atoms with Crippen LogP contribution in [0.1, 0.15) is 77.7 Å². The third-order valence-electron chi connectivity index (χ3n) is 8.72. The number of aliphatic hydroxyl groups excluding tert-OH is 1. The minimum atomic E-state index is -0.282. The fraction of sp³-hybridized carbons (Fsp3) is 0.375. The van der Waals surface area contributed by atoms with E-state index in [-0.39, 0.29) is 51.5 Å². The average molecular weight is 758 g/mol. The number of amides is 2. The number of carbonyl (C=O) groups excluding carboxylic acids is 2. The summed E-state index contributed by atoms with van der Waals surface area (Å²) >= 11 is 3.15. The summed E-state index contributed by atoms with van der Waals surface area (Å²) in [5.41, 5.74) is 3.84. The number of hydrogen-bond acceptors (Lipinski definition) is 11. The zero-order valence-electron chi connectivity index (χ0n) is 28.9. The van der Waals surface area contributed by atoms with Gasteiger partial charge >= 0.3 is 12.2 Å². The minimum Gasteiger partial charge on any atom is -0.492 e. The van der Waals surface area contributed by atoms with Gasteiger partial charge in [-0.3, -0.25) is 14.8 Å². The van der Waals surface area contributed by atoms with Crippen molar-refractivity contribution < 1.29 is 28.9 Å². The van der Waals surface area contributed by atoms with Crippen LogP contribution in [0.25, 0.3) is 0 Å². The highest BCUT2D eigenvalue weighted by Crippen LogP contribution is 2.35. The third kappa shape index (κ3) is 11.3. The maximum Gasteiger partial charge on any atom is 0.410 e. The number of nitrogens with zero attached hydrogens (tertiary/aromatic N) is 5. The molecular weight excluding hydrogens is 711 g/mol. The molecule has 0 saturated carbocycles. The number of pyridine rings is 1. The van der Waals surface area contributed by atoms with Crippen LogP contribution in [0.2, 0.25) is 0 Å². The molecule has 0 unspecified atom stereocenters. The quantitative estimate of drug-likeness (QED) is 0.133. The first-order valence-corrected chi connectivity index (χ1v) is 19.3. The number of aliphatic hydroxyl groups is 1. The summed E-state index contributed by atoms with van der Waals surface area (Å²) in [6.07, 6.45) is 7.89. The predicted octanol–water partition coefficient (Wildman–Crippen LogP) is 8.42. The Morgan fingerprint density at radius 2 is 1.26 bits per heavy atom. The van der Waals surface area contributed by atoms with E-state index in [4.69, 9.17) is 24.3 Å². The Morgan fingerprint density at radius 3 is 1.75 bits per heavy atom. The number of likely N-dealkylation sites (tertiary alicyclic amines) is 2. The smallest absolute Gasteiger partial charge is 0.410 e. The molecule has 11 nitrogen and oxygen atoms in total. The number of carbonyl (C=O) groups is 2. The Labute approximate surface area is 319 Å². The molecule has 2 saturated heterocycles. The number of benzene rings is 2. The van der Waals surface area contributed by atoms with Crippen LogP contribution in [-0.2, 0) is 35.5 Å². The van der Waals surface area contributed by atoms with Gasteiger partial charge in [-0.1, -0.05) is 68.1 Å². The molecule has 3 aromatic heterocycles. The van der Waals surface area contributed by atoms with Gasteiger partial charge in [0.2, 0.25) is 0 Å². The van der Waals surface area contributed by atoms with Gasteiger partial charge in [0.25, 0.3) is 0 Å². The number of ether oxygens (including phenoxy) is 3. The van der Waals surface area contributed by atoms with E-state index in [0.29, 0.717) is 26.1 Å². The zero-order valence-corrected chi connectivity index (χ0v) is 30.6. The van der Waals surface area contributed by atoms with Gasteiger partial charge in [-0.15, -0.1) is 22.7 Å². The van der Waals surface area contributed by atoms with Crippen LogP contribution >= 0.6 is 22.7 Å². The summed E-state index contributed by atoms with van der Waals surface area (Å²) in [5, 5.41) is 14.9. The molecule has 0 radical (unpaired) electrons. The van der Waals surface area contributed by atoms with E-state index in [9.17, 15) is 9.59 Å². The van der Waals surface area contributed by atoms with E-state index in [2.05, 4.69) is 9.97 Å². The van der Waals surface area contributed by atoms with Crippen molar-refractivity contribution in [1.82, 2.24) is 24.8 Å². The number of hydrogen-bond donors (Lipinski definition) is 1. The molecule has 7 rings (SSSR count). The van der Waals surface area contributed by atoms with E-state index >= 15 is 0 Å². The standard InChI is InChI=1S/C22H23N3O3S.C17H20N2O3S.CH4/c26-22(28-15-17-6-2-1-3-7-17)25-12-5-9-20(25)21-24-18(16-29-21)10-13-27-19-8-4-11-23-14-19;20-10-8-14-12-23-16(18-14)15-7-4-9-19(15)17(21)22-11-13-5-2-1-3-6-13;/h1-4,6-8,11,14,16,20H,5,9-10,12-13,15H2;1-3,5-6,12,15,20H,4,7-11H2;1H4/t20-;15-;/m00./s1. The number of aromatic nitrogens is 3. The maximum absolute atomic E-state index is 12.6. The highest BCUT2D eigenvalue weighted by Gasteiger charge is 2.34. The van der Waals surface area contributed by atoms with Crippen LogP contribution in [0.15, 0.2) is 96.0 Å². The lowest BCUT2D eigenvalue weighted by Crippen LogP contribution is -2.31. The van der Waals surface area contributed by atoms with E-state index in [1.165, 1.54) is 0 Å². The molecule has 2 fully saturated rings. The van der Waals surface area contributed by atoms with Crippen molar-refractivity contribution >= 4 is 34.9 Å². The largest absolute Gasteiger partial charge is 0.492 e. The first kappa shape index (κ1) is 39.4. The van der Waals surface area contributed by atoms with Gasteiger partial charge in [0.05, 0.1) is 36.3 Å². The molecule has 2 aliphatic heterocycles. The maximum atomic E-state index is 12.6. The van der Waals surface area contributed by atoms with Crippen molar-refractivity contribution in [3.63, 3.8) is 0 Å². The summed E-state index contributed by atoms with van der Waals surface area (Å²) in [6.45, 7) is 2.62. The second kappa shape index (κ2) is 20.4. The lowest BCUT2D eigenvalue weighted by molar-refractivity contribution is 0.0913. The Morgan fingerprint density at radius 1 is 0.736 bits per heavy atom. The molecule has 1 N–H and O–H groups in total. The molecule has 0 bridgehead atoms. The summed E-state index contributed by atoms with van der Waals surface area (Å²) in [4.78, 5) is 41.9. The van der Waals surface area contributed by atoms with E-state index < -0.39 is 0 Å². The Balaban J connectivity index is 0.000000206. The molecule has 2 atom stereocenters. The van der Waals surface area contributed by atoms with Crippen molar-refractivity contribution in [2.24, 2.45) is 0 Å². The van der Waals surface area contributed by atoms with Gasteiger partial charge in [0.1, 0.15) is 29.0 Å². The fourth-order valence-corrected chi connectivity index (χ4v) is 8.09. The van der Waals surface area contributed by atoms with Crippen LogP contribution < -0.4 is 4.74 Å². The van der Waals surface area contributed by atoms with Crippen LogP contribution in [0, 0.1) is 0 Å². The molecule has 5 heterocycles. The number of rotatable bonds is 12. The third-order valence-corrected chi connectivity index (χ3v) is 10.7. The van der Waals surface area contributed by atoms with Gasteiger partial charge in [-0.2, -0.15) is 0 Å². The topological polar surface area (TPSA) is 127 Å². The molecule has 0 spiro atoms. The second-order valence-electron chi connectivity index (χ2n) is 12.4. The lowest BCUT2D eigenvalue weighted by atomic mass is 10.2. The first-order valence-electron chi connectivity index (χ1n) is 17.5. The van der Waals surface area contributed by atoms with Gasteiger partial charge in [-0.25, -0.2) is 19.6 Å². The van der Waals surface area contributed by atoms with Crippen molar-refractivity contribution in [3.05, 3.63) is 128 Å². The monoisotopic (exact) mass is 757 g/mol. The molecule has 13 heteroatoms. The van der Waals surface area contributed by atoms with E-state index in [1.807, 2.05) is 83.6 Å². The highest BCUT2D eigenvalue weighted by atomic mass is 32.1. The van der Waals surface area contributed by atoms with Crippen LogP contribution in [-0.4, -0.2) is 68.3 Å². The molecule has 2 amide bonds. The van der Waals surface area contributed by atoms with Gasteiger partial charge in [0, 0.05) is 49.5 Å². The lowest BCUT2D eigenvalue weighted by Gasteiger charge is -2.22. The van der Waals surface area contributed by atoms with Gasteiger partial charge < -0.3 is 19.3 Å². The Hall–Kier alpha value is -4.85. The normalized spacial score (nSPS) is 16.3. The fourth-order valence-electron chi connectivity index (χ4n) is 6.09. The predicted molar refractivity (Wildman–Crippen MR) is 206 cm³/mol. The summed E-state index contributed by atoms with van der Waals surface area (Å²) < 4.78 is 16.7. The molecule has 280 valence electrons. The molecule has 53 heavy (non-hydrogen) atoms. The van der Waals surface area contributed by atoms with Crippen LogP contribution in [0.5, 0.6) is 5.75 Å². The SMILES string of the molecule is C.O=C(OCc1ccccc1)N1CCC[C@H]1c1nc(CCO)cs1.O=C(OCc1ccccc1)N1CCC[C@H]1c1nc(CCOc2cccnc2)cs1. The zero-order chi connectivity index (χ0) is 36.0. The summed E-state index contributed by atoms with van der Waals surface area (Å²) in [7, 11) is 0. The molecule has 2 aromatic carbocycles. The number of thiazole rings is 2. The van der Waals surface area contributed by atoms with E-state index in [1.54, 1.807) is 44.9 Å². The summed E-state index contributed by atoms with van der Waals surface area (Å²) in [6, 6.07) is 23.1. The molecular formula is C40H47N5O6S2. The Kier molecular flexibility index (Phi) is 15.2. The first-order chi connectivity index (χ1) is 25.6. The Bertz CT molecular complexity index is 1820. The van der Waals surface area contributed by atoms with Crippen molar-refractivity contribution in [2.75, 3.05) is 26.3 Å². The van der Waals surface area contributed by atoms with Gasteiger partial charge in [-0.05, 0) is 48.9 Å². The highest BCUT2D eigenvalue weighted by molar-refractivity contribution is 7.10. The molecule has 5 aromatic rings. The van der Waals surface area contributed by atoms with E-state index in [0.717, 1.165) is 70.4 Å². The molecule has 2 aliphatic rings. The second-order valence-corrected chi connectivity index (χ2v) is 14.2. The molecule has 0 aliphatic carbocycles. The van der Waals surface area contributed by atoms with Crippen molar-refractivity contribution in [1.29, 1.82) is 0 Å².